The fraction of sp³-hybridized carbons (Fsp3) is 0.667. The van der Waals surface area contributed by atoms with Gasteiger partial charge < -0.3 is 0 Å². The molecule has 0 nitrogen and oxygen atoms in total. The predicted molar refractivity (Wildman–Crippen MR) is 73.7 cm³/mol. The van der Waals surface area contributed by atoms with Gasteiger partial charge in [0.25, 0.3) is 0 Å². The van der Waals surface area contributed by atoms with Crippen LogP contribution in [0.3, 0.4) is 0 Å². The first kappa shape index (κ1) is 18.5. The molecule has 0 amide bonds. The Morgan fingerprint density at radius 3 is 1.50 bits per heavy atom. The first-order valence-corrected chi connectivity index (χ1v) is 5.69. The molecule has 0 bridgehead atoms. The number of allylic oxidation sites excluding steroid dienone is 4. The van der Waals surface area contributed by atoms with Gasteiger partial charge in [0, 0.05) is 31.6 Å². The molecule has 0 unspecified atom stereocenters. The molecule has 0 aromatic heterocycles. The monoisotopic (exact) mass is 257 g/mol. The van der Waals surface area contributed by atoms with Gasteiger partial charge in [0.2, 0.25) is 0 Å². The molecular weight excluding hydrogens is 236 g/mol. The largest absolute Gasteiger partial charge is 0.0923 e. The van der Waals surface area contributed by atoms with Crippen molar-refractivity contribution in [1.82, 2.24) is 0 Å². The van der Waals surface area contributed by atoms with Crippen LogP contribution in [0, 0.1) is 5.92 Å². The maximum absolute atomic E-state index is 4.96. The van der Waals surface area contributed by atoms with E-state index >= 15 is 0 Å². The molecule has 0 atom stereocenters. The number of hydrogen-bond acceptors (Lipinski definition) is 0. The minimum atomic E-state index is 0. The van der Waals surface area contributed by atoms with E-state index in [1.54, 1.807) is 18.2 Å². The Labute approximate surface area is 115 Å². The van der Waals surface area contributed by atoms with Crippen LogP contribution >= 0.6 is 0 Å². The molecule has 1 rings (SSSR count). The fourth-order valence-electron chi connectivity index (χ4n) is 1.70. The van der Waals surface area contributed by atoms with Crippen molar-refractivity contribution < 1.29 is 16.8 Å². The molecule has 0 heterocycles. The molecule has 16 heavy (non-hydrogen) atoms. The Bertz CT molecular complexity index is 243. The molecule has 0 saturated carbocycles. The maximum Gasteiger partial charge on any atom is 0.0541 e. The molecule has 0 aliphatic heterocycles. The first-order chi connectivity index (χ1) is 6.97. The SMILES string of the molecule is CC1=C(C)C(C)C(C)=C1C.[B][B][B]CC.[Co]. The van der Waals surface area contributed by atoms with E-state index in [1.807, 2.05) is 14.1 Å². The smallest absolute Gasteiger partial charge is 0.0541 e. The zero-order valence-electron chi connectivity index (χ0n) is 11.3. The summed E-state index contributed by atoms with van der Waals surface area (Å²) in [6, 6.07) is 0. The third-order valence-electron chi connectivity index (χ3n) is 3.42. The van der Waals surface area contributed by atoms with Crippen molar-refractivity contribution >= 4 is 22.0 Å². The summed E-state index contributed by atoms with van der Waals surface area (Å²) in [7, 11) is 8.42. The van der Waals surface area contributed by atoms with Crippen molar-refractivity contribution in [1.29, 1.82) is 0 Å². The van der Waals surface area contributed by atoms with Crippen molar-refractivity contribution in [3.8, 4) is 0 Å². The molecule has 1 aliphatic rings. The van der Waals surface area contributed by atoms with Crippen LogP contribution in [-0.4, -0.2) is 22.0 Å². The second kappa shape index (κ2) is 9.24. The zero-order chi connectivity index (χ0) is 12.0. The summed E-state index contributed by atoms with van der Waals surface area (Å²) in [5.41, 5.74) is 6.11. The van der Waals surface area contributed by atoms with E-state index in [-0.39, 0.29) is 16.8 Å². The van der Waals surface area contributed by atoms with Crippen LogP contribution in [0.1, 0.15) is 41.5 Å². The summed E-state index contributed by atoms with van der Waals surface area (Å²) in [4.78, 5) is 0. The Balaban J connectivity index is 0. The van der Waals surface area contributed by atoms with Gasteiger partial charge in [0.15, 0.2) is 0 Å². The van der Waals surface area contributed by atoms with E-state index < -0.39 is 0 Å². The fourth-order valence-corrected chi connectivity index (χ4v) is 1.70. The molecule has 0 fully saturated rings. The van der Waals surface area contributed by atoms with Crippen LogP contribution in [0.15, 0.2) is 22.3 Å². The molecule has 87 valence electrons. The topological polar surface area (TPSA) is 0 Å². The number of rotatable bonds is 2. The van der Waals surface area contributed by atoms with Crippen LogP contribution in [-0.2, 0) is 16.8 Å². The standard InChI is InChI=1S/C10H16.C2H5B3.Co/c1-6-7(2)9(4)10(5)8(6)3;1-2-4-5-3;/h6H,1-5H3;2H2,1H3;. The van der Waals surface area contributed by atoms with Gasteiger partial charge in [0.05, 0.1) is 7.17 Å². The van der Waals surface area contributed by atoms with Crippen molar-refractivity contribution in [2.24, 2.45) is 5.92 Å². The molecular formula is C12H21B3Co. The molecule has 0 spiro atoms. The quantitative estimate of drug-likeness (QED) is 0.666. The third kappa shape index (κ3) is 5.01. The normalized spacial score (nSPS) is 15.4. The third-order valence-corrected chi connectivity index (χ3v) is 3.42. The Morgan fingerprint density at radius 1 is 1.06 bits per heavy atom. The van der Waals surface area contributed by atoms with Crippen molar-refractivity contribution in [2.45, 2.75) is 47.9 Å². The average molecular weight is 257 g/mol. The first-order valence-electron chi connectivity index (χ1n) is 5.69. The van der Waals surface area contributed by atoms with Gasteiger partial charge in [-0.15, -0.1) is 0 Å². The summed E-state index contributed by atoms with van der Waals surface area (Å²) >= 11 is 0. The van der Waals surface area contributed by atoms with Crippen molar-refractivity contribution in [3.63, 3.8) is 0 Å². The van der Waals surface area contributed by atoms with Crippen LogP contribution < -0.4 is 0 Å². The molecule has 0 aromatic carbocycles. The Kier molecular flexibility index (Phi) is 10.7. The van der Waals surface area contributed by atoms with E-state index in [1.165, 1.54) is 11.1 Å². The van der Waals surface area contributed by atoms with Gasteiger partial charge in [-0.3, -0.25) is 0 Å². The van der Waals surface area contributed by atoms with Crippen LogP contribution in [0.25, 0.3) is 0 Å². The van der Waals surface area contributed by atoms with Gasteiger partial charge in [-0.25, -0.2) is 0 Å². The van der Waals surface area contributed by atoms with Crippen LogP contribution in [0.5, 0.6) is 0 Å². The molecule has 0 saturated heterocycles. The van der Waals surface area contributed by atoms with Gasteiger partial charge in [-0.05, 0) is 44.8 Å². The predicted octanol–water partition coefficient (Wildman–Crippen LogP) is 3.14. The summed E-state index contributed by atoms with van der Waals surface area (Å²) in [5, 5.41) is 0. The van der Waals surface area contributed by atoms with E-state index in [2.05, 4.69) is 34.6 Å². The molecule has 1 aliphatic carbocycles. The van der Waals surface area contributed by atoms with Crippen LogP contribution in [0.4, 0.5) is 0 Å². The second-order valence-electron chi connectivity index (χ2n) is 4.17. The van der Waals surface area contributed by atoms with E-state index in [0.29, 0.717) is 5.92 Å². The van der Waals surface area contributed by atoms with Gasteiger partial charge in [-0.2, -0.15) is 0 Å². The maximum atomic E-state index is 4.96. The van der Waals surface area contributed by atoms with Gasteiger partial charge in [0.1, 0.15) is 0 Å². The summed E-state index contributed by atoms with van der Waals surface area (Å²) < 4.78 is 0. The van der Waals surface area contributed by atoms with E-state index in [4.69, 9.17) is 7.74 Å². The van der Waals surface area contributed by atoms with E-state index in [9.17, 15) is 0 Å². The van der Waals surface area contributed by atoms with Crippen molar-refractivity contribution in [2.75, 3.05) is 0 Å². The minimum absolute atomic E-state index is 0. The van der Waals surface area contributed by atoms with Crippen molar-refractivity contribution in [3.05, 3.63) is 22.3 Å². The van der Waals surface area contributed by atoms with Crippen LogP contribution in [0.2, 0.25) is 6.32 Å². The molecule has 4 heteroatoms. The summed E-state index contributed by atoms with van der Waals surface area (Å²) in [6.45, 7) is 13.2. The minimum Gasteiger partial charge on any atom is -0.0923 e. The summed E-state index contributed by atoms with van der Waals surface area (Å²) in [5.74, 6) is 0.694. The molecule has 0 N–H and O–H groups in total. The Morgan fingerprint density at radius 2 is 1.44 bits per heavy atom. The van der Waals surface area contributed by atoms with Gasteiger partial charge in [-0.1, -0.05) is 31.3 Å². The molecule has 5 radical (unpaired) electrons. The van der Waals surface area contributed by atoms with Gasteiger partial charge >= 0.3 is 0 Å². The second-order valence-corrected chi connectivity index (χ2v) is 4.17. The Hall–Kier alpha value is 0.181. The molecule has 0 aromatic rings. The number of hydrogen-bond donors (Lipinski definition) is 0. The zero-order valence-corrected chi connectivity index (χ0v) is 12.4. The van der Waals surface area contributed by atoms with E-state index in [0.717, 1.165) is 6.32 Å². The summed E-state index contributed by atoms with van der Waals surface area (Å²) in [6.07, 6.45) is 1.04. The average Bonchev–Trinajstić information content (AvgIpc) is 2.39.